The summed E-state index contributed by atoms with van der Waals surface area (Å²) < 4.78 is 0. The molecule has 12 heteroatoms. The molecule has 0 amide bonds. The summed E-state index contributed by atoms with van der Waals surface area (Å²) in [4.78, 5) is 18.9. The molecule has 6 aromatic carbocycles. The van der Waals surface area contributed by atoms with Crippen LogP contribution in [0.5, 0.6) is 23.0 Å². The SMILES string of the molecule is C#Cc1ccc(N=Cc2cc(C(C)(C)C)cc(C(C)(C)C)c2[O-])c(N=Cc2cc(C(C)(C)C)cc(C(C)(C)C)c2[O-])c1.C#Cc1ccc(N=Cc2cc(C(C)(C)C)cc(C(C)(C)C)c2[O-])c(N=Cc2cc(C(C)(C)C)cc(C(C)(C)C)c2[O-])c1.CC#N.CC#N.[Cu+2].[Cu+2]. The van der Waals surface area contributed by atoms with Gasteiger partial charge in [-0.05, 0) is 146 Å². The first-order valence-corrected chi connectivity index (χ1v) is 30.5. The van der Waals surface area contributed by atoms with Crippen molar-refractivity contribution in [3.63, 3.8) is 0 Å². The minimum Gasteiger partial charge on any atom is -0.872 e. The fourth-order valence-electron chi connectivity index (χ4n) is 9.16. The average molecular weight is 1330 g/mol. The van der Waals surface area contributed by atoms with Crippen LogP contribution < -0.4 is 20.4 Å². The molecule has 6 aromatic rings. The third-order valence-corrected chi connectivity index (χ3v) is 14.8. The van der Waals surface area contributed by atoms with Crippen molar-refractivity contribution in [2.75, 3.05) is 0 Å². The molecule has 0 saturated carbocycles. The first kappa shape index (κ1) is 82.4. The van der Waals surface area contributed by atoms with Crippen molar-refractivity contribution < 1.29 is 54.6 Å². The van der Waals surface area contributed by atoms with Crippen LogP contribution in [0.25, 0.3) is 0 Å². The van der Waals surface area contributed by atoms with Crippen LogP contribution in [0.3, 0.4) is 0 Å². The van der Waals surface area contributed by atoms with Crippen LogP contribution in [0.1, 0.15) is 258 Å². The molecule has 0 aliphatic heterocycles. The van der Waals surface area contributed by atoms with Gasteiger partial charge in [-0.15, -0.1) is 12.8 Å². The maximum Gasteiger partial charge on any atom is 2.00 e. The van der Waals surface area contributed by atoms with Crippen molar-refractivity contribution in [3.8, 4) is 59.8 Å². The maximum absolute atomic E-state index is 13.5. The summed E-state index contributed by atoms with van der Waals surface area (Å²) in [7, 11) is 0. The van der Waals surface area contributed by atoms with Gasteiger partial charge in [-0.3, -0.25) is 20.0 Å². The van der Waals surface area contributed by atoms with E-state index < -0.39 is 0 Å². The minimum atomic E-state index is -0.316. The van der Waals surface area contributed by atoms with Gasteiger partial charge in [-0.1, -0.05) is 250 Å². The molecule has 0 saturated heterocycles. The van der Waals surface area contributed by atoms with Gasteiger partial charge < -0.3 is 20.4 Å². The van der Waals surface area contributed by atoms with E-state index in [4.69, 9.17) is 43.3 Å². The van der Waals surface area contributed by atoms with Crippen molar-refractivity contribution in [1.82, 2.24) is 0 Å². The van der Waals surface area contributed by atoms with Crippen LogP contribution in [0.15, 0.2) is 105 Å². The largest absolute Gasteiger partial charge is 2.00 e. The predicted octanol–water partition coefficient (Wildman–Crippen LogP) is 18.1. The van der Waals surface area contributed by atoms with E-state index in [1.165, 1.54) is 13.8 Å². The summed E-state index contributed by atoms with van der Waals surface area (Å²) in [5.41, 5.74) is 11.0. The fourth-order valence-corrected chi connectivity index (χ4v) is 9.16. The van der Waals surface area contributed by atoms with Crippen LogP contribution in [0.4, 0.5) is 22.7 Å². The van der Waals surface area contributed by atoms with Crippen molar-refractivity contribution in [1.29, 1.82) is 10.5 Å². The minimum absolute atomic E-state index is 0. The Hall–Kier alpha value is -7.66. The zero-order valence-electron chi connectivity index (χ0n) is 59.5. The summed E-state index contributed by atoms with van der Waals surface area (Å²) in [6.07, 6.45) is 17.9. The van der Waals surface area contributed by atoms with E-state index >= 15 is 0 Å². The third kappa shape index (κ3) is 22.9. The van der Waals surface area contributed by atoms with Gasteiger partial charge in [-0.25, -0.2) is 0 Å². The maximum atomic E-state index is 13.5. The van der Waals surface area contributed by atoms with Gasteiger partial charge in [-0.2, -0.15) is 10.5 Å². The smallest absolute Gasteiger partial charge is 0.872 e. The van der Waals surface area contributed by atoms with E-state index in [0.29, 0.717) is 56.1 Å². The molecule has 2 radical (unpaired) electrons. The summed E-state index contributed by atoms with van der Waals surface area (Å²) in [5, 5.41) is 68.6. The summed E-state index contributed by atoms with van der Waals surface area (Å²) in [6, 6.07) is 30.0. The summed E-state index contributed by atoms with van der Waals surface area (Å²) in [5.74, 6) is 5.17. The normalized spacial score (nSPS) is 12.2. The van der Waals surface area contributed by atoms with Gasteiger partial charge in [0.2, 0.25) is 0 Å². The van der Waals surface area contributed by atoms with Crippen LogP contribution in [-0.2, 0) is 77.5 Å². The van der Waals surface area contributed by atoms with Gasteiger partial charge >= 0.3 is 34.1 Å². The molecule has 92 heavy (non-hydrogen) atoms. The molecule has 0 aromatic heterocycles. The number of aliphatic imine (C=N–C) groups is 4. The van der Waals surface area contributed by atoms with Gasteiger partial charge in [0.25, 0.3) is 0 Å². The Morgan fingerprint density at radius 2 is 0.500 bits per heavy atom. The molecular formula is C80H98Cu2N6O4. The van der Waals surface area contributed by atoms with E-state index in [2.05, 4.69) is 94.9 Å². The predicted molar refractivity (Wildman–Crippen MR) is 373 cm³/mol. The number of benzene rings is 6. The van der Waals surface area contributed by atoms with Crippen LogP contribution in [-0.4, -0.2) is 24.9 Å². The molecule has 6 rings (SSSR count). The second-order valence-electron chi connectivity index (χ2n) is 30.9. The Morgan fingerprint density at radius 1 is 0.315 bits per heavy atom. The molecule has 0 atom stereocenters. The Kier molecular flexibility index (Phi) is 28.9. The molecule has 0 aliphatic rings. The Morgan fingerprint density at radius 3 is 0.663 bits per heavy atom. The summed E-state index contributed by atoms with van der Waals surface area (Å²) in [6.45, 7) is 53.0. The zero-order chi connectivity index (χ0) is 69.1. The molecular weight excluding hydrogens is 1240 g/mol. The molecule has 0 unspecified atom stereocenters. The number of hydrogen-bond donors (Lipinski definition) is 0. The molecule has 0 bridgehead atoms. The molecule has 0 spiro atoms. The van der Waals surface area contributed by atoms with E-state index in [1.54, 1.807) is 73.4 Å². The van der Waals surface area contributed by atoms with E-state index in [0.717, 1.165) is 44.5 Å². The van der Waals surface area contributed by atoms with Crippen LogP contribution >= 0.6 is 0 Å². The first-order chi connectivity index (χ1) is 41.1. The Balaban J connectivity index is 0.000000830. The van der Waals surface area contributed by atoms with Crippen molar-refractivity contribution >= 4 is 47.6 Å². The molecule has 0 fully saturated rings. The van der Waals surface area contributed by atoms with Crippen molar-refractivity contribution in [3.05, 3.63) is 163 Å². The van der Waals surface area contributed by atoms with E-state index in [1.807, 2.05) is 132 Å². The van der Waals surface area contributed by atoms with Gasteiger partial charge in [0.1, 0.15) is 0 Å². The molecule has 0 aliphatic carbocycles. The number of hydrogen-bond acceptors (Lipinski definition) is 10. The molecule has 0 N–H and O–H groups in total. The van der Waals surface area contributed by atoms with E-state index in [9.17, 15) is 20.4 Å². The number of nitrogens with zero attached hydrogens (tertiary/aromatic N) is 6. The third-order valence-electron chi connectivity index (χ3n) is 14.8. The zero-order valence-corrected chi connectivity index (χ0v) is 61.3. The number of nitriles is 2. The van der Waals surface area contributed by atoms with Gasteiger partial charge in [0, 0.05) is 49.8 Å². The standard InChI is InChI=1S/2C38H48N2O2.2C2H3N.2Cu/c2*1-14-24-15-16-31(39-22-25-18-27(35(2,3)4)20-29(33(25)41)37(8,9)10)32(17-24)40-23-26-19-28(36(5,6)7)21-30(34(26)42)38(11,12)13;2*1-2-3;;/h2*1,15-23,41-42H,2-13H3;2*1H3;;/q;;;;2*+2/p-4. The molecule has 494 valence electrons. The summed E-state index contributed by atoms with van der Waals surface area (Å²) >= 11 is 0. The van der Waals surface area contributed by atoms with Gasteiger partial charge in [0.15, 0.2) is 0 Å². The van der Waals surface area contributed by atoms with Crippen LogP contribution in [0, 0.1) is 47.3 Å². The molecule has 10 nitrogen and oxygen atoms in total. The number of rotatable bonds is 8. The second-order valence-corrected chi connectivity index (χ2v) is 30.9. The first-order valence-electron chi connectivity index (χ1n) is 30.5. The average Bonchev–Trinajstić information content (AvgIpc) is 0.813. The monoisotopic (exact) mass is 1330 g/mol. The van der Waals surface area contributed by atoms with Gasteiger partial charge in [0.05, 0.1) is 34.9 Å². The topological polar surface area (TPSA) is 189 Å². The second kappa shape index (κ2) is 32.3. The van der Waals surface area contributed by atoms with E-state index in [-0.39, 0.29) is 100 Å². The van der Waals surface area contributed by atoms with Crippen molar-refractivity contribution in [2.24, 2.45) is 20.0 Å². The van der Waals surface area contributed by atoms with Crippen molar-refractivity contribution in [2.45, 2.75) is 223 Å². The number of terminal acetylenes is 2. The quantitative estimate of drug-likeness (QED) is 0.0827. The fraction of sp³-hybridized carbons (Fsp3) is 0.425. The Bertz CT molecular complexity index is 3600. The Labute approximate surface area is 575 Å². The van der Waals surface area contributed by atoms with Crippen LogP contribution in [0.2, 0.25) is 0 Å². The molecule has 0 heterocycles.